The van der Waals surface area contributed by atoms with Gasteiger partial charge in [0.25, 0.3) is 5.91 Å². The number of carbonyl (C=O) groups excluding carboxylic acids is 2. The molecule has 0 bridgehead atoms. The number of anilines is 2. The molecule has 3 aromatic rings. The first kappa shape index (κ1) is 27.7. The van der Waals surface area contributed by atoms with Crippen LogP contribution in [0.5, 0.6) is 0 Å². The highest BCUT2D eigenvalue weighted by Crippen LogP contribution is 2.43. The van der Waals surface area contributed by atoms with Crippen LogP contribution in [0, 0.1) is 5.82 Å². The summed E-state index contributed by atoms with van der Waals surface area (Å²) in [5, 5.41) is 7.09. The van der Waals surface area contributed by atoms with Gasteiger partial charge in [-0.2, -0.15) is 0 Å². The number of primary amides is 2. The van der Waals surface area contributed by atoms with Crippen LogP contribution in [0.2, 0.25) is 0 Å². The number of hydrogen-bond acceptors (Lipinski definition) is 6. The van der Waals surface area contributed by atoms with E-state index in [1.54, 1.807) is 35.7 Å². The Bertz CT molecular complexity index is 1310. The Kier molecular flexibility index (Phi) is 8.47. The molecule has 2 aromatic carbocycles. The second-order valence-corrected chi connectivity index (χ2v) is 11.4. The SMILES string of the molecule is CC(C)c1c(C(N)=O)ccc(N(c2cccc(C(N)=O)c2F)N2CCCCC2Cc2nccs2)c1C(C)C. The number of hydrogen-bond donors (Lipinski definition) is 2. The van der Waals surface area contributed by atoms with Crippen LogP contribution in [-0.4, -0.2) is 34.4 Å². The molecule has 1 unspecified atom stereocenters. The lowest BCUT2D eigenvalue weighted by atomic mass is 9.85. The number of rotatable bonds is 9. The Labute approximate surface area is 227 Å². The van der Waals surface area contributed by atoms with Gasteiger partial charge in [0.1, 0.15) is 0 Å². The molecule has 1 atom stereocenters. The van der Waals surface area contributed by atoms with Crippen molar-refractivity contribution in [3.8, 4) is 0 Å². The largest absolute Gasteiger partial charge is 0.366 e. The molecule has 202 valence electrons. The van der Waals surface area contributed by atoms with Crippen molar-refractivity contribution in [3.63, 3.8) is 0 Å². The van der Waals surface area contributed by atoms with Gasteiger partial charge in [-0.25, -0.2) is 14.4 Å². The Morgan fingerprint density at radius 3 is 2.34 bits per heavy atom. The summed E-state index contributed by atoms with van der Waals surface area (Å²) in [7, 11) is 0. The number of benzene rings is 2. The molecule has 0 aliphatic carbocycles. The van der Waals surface area contributed by atoms with Crippen LogP contribution < -0.4 is 16.5 Å². The van der Waals surface area contributed by atoms with E-state index in [0.717, 1.165) is 47.5 Å². The van der Waals surface area contributed by atoms with Gasteiger partial charge >= 0.3 is 0 Å². The molecule has 9 heteroatoms. The van der Waals surface area contributed by atoms with Crippen molar-refractivity contribution >= 4 is 34.5 Å². The lowest BCUT2D eigenvalue weighted by Crippen LogP contribution is -2.51. The molecule has 7 nitrogen and oxygen atoms in total. The Hall–Kier alpha value is -3.30. The molecule has 0 spiro atoms. The van der Waals surface area contributed by atoms with Crippen LogP contribution >= 0.6 is 11.3 Å². The normalized spacial score (nSPS) is 16.2. The molecule has 1 aromatic heterocycles. The number of carbonyl (C=O) groups is 2. The molecule has 1 fully saturated rings. The van der Waals surface area contributed by atoms with Crippen molar-refractivity contribution in [1.29, 1.82) is 0 Å². The first-order valence-corrected chi connectivity index (χ1v) is 14.0. The lowest BCUT2D eigenvalue weighted by molar-refractivity contribution is 0.0988. The van der Waals surface area contributed by atoms with Crippen LogP contribution in [0.3, 0.4) is 0 Å². The zero-order valence-electron chi connectivity index (χ0n) is 22.4. The zero-order chi connectivity index (χ0) is 27.6. The highest BCUT2D eigenvalue weighted by atomic mass is 32.1. The summed E-state index contributed by atoms with van der Waals surface area (Å²) in [5.41, 5.74) is 14.4. The van der Waals surface area contributed by atoms with Gasteiger partial charge in [0.2, 0.25) is 5.91 Å². The fraction of sp³-hybridized carbons (Fsp3) is 0.414. The van der Waals surface area contributed by atoms with Crippen molar-refractivity contribution in [3.05, 3.63) is 75.0 Å². The minimum Gasteiger partial charge on any atom is -0.366 e. The summed E-state index contributed by atoms with van der Waals surface area (Å²) in [5.74, 6) is -1.97. The fourth-order valence-electron chi connectivity index (χ4n) is 5.54. The number of nitrogens with two attached hydrogens (primary N) is 2. The van der Waals surface area contributed by atoms with E-state index in [0.29, 0.717) is 12.1 Å². The molecule has 38 heavy (non-hydrogen) atoms. The van der Waals surface area contributed by atoms with Gasteiger partial charge in [-0.3, -0.25) is 14.6 Å². The molecule has 2 amide bonds. The second-order valence-electron chi connectivity index (χ2n) is 10.4. The number of halogens is 1. The lowest BCUT2D eigenvalue weighted by Gasteiger charge is -2.45. The van der Waals surface area contributed by atoms with E-state index >= 15 is 4.39 Å². The van der Waals surface area contributed by atoms with Gasteiger partial charge in [-0.1, -0.05) is 40.2 Å². The monoisotopic (exact) mass is 537 g/mol. The molecule has 4 N–H and O–H groups in total. The number of hydrazine groups is 1. The predicted molar refractivity (Wildman–Crippen MR) is 150 cm³/mol. The maximum Gasteiger partial charge on any atom is 0.251 e. The zero-order valence-corrected chi connectivity index (χ0v) is 23.2. The van der Waals surface area contributed by atoms with Crippen LogP contribution in [0.4, 0.5) is 15.8 Å². The quantitative estimate of drug-likeness (QED) is 0.355. The molecular weight excluding hydrogens is 501 g/mol. The van der Waals surface area contributed by atoms with Gasteiger partial charge in [0, 0.05) is 36.1 Å². The average molecular weight is 538 g/mol. The Morgan fingerprint density at radius 2 is 1.74 bits per heavy atom. The molecule has 1 aliphatic rings. The maximum absolute atomic E-state index is 16.1. The van der Waals surface area contributed by atoms with E-state index in [-0.39, 0.29) is 29.1 Å². The van der Waals surface area contributed by atoms with E-state index in [1.165, 1.54) is 6.07 Å². The molecule has 1 saturated heterocycles. The fourth-order valence-corrected chi connectivity index (χ4v) is 6.23. The summed E-state index contributed by atoms with van der Waals surface area (Å²) in [6.07, 6.45) is 5.43. The van der Waals surface area contributed by atoms with Crippen LogP contribution in [0.15, 0.2) is 41.9 Å². The topological polar surface area (TPSA) is 106 Å². The Morgan fingerprint density at radius 1 is 1.03 bits per heavy atom. The van der Waals surface area contributed by atoms with Crippen LogP contribution in [0.1, 0.15) is 95.6 Å². The van der Waals surface area contributed by atoms with Crippen molar-refractivity contribution < 1.29 is 14.0 Å². The summed E-state index contributed by atoms with van der Waals surface area (Å²) >= 11 is 1.61. The third-order valence-corrected chi connectivity index (χ3v) is 7.93. The maximum atomic E-state index is 16.1. The molecule has 4 rings (SSSR count). The molecular formula is C29H36FN5O2S. The number of piperidine rings is 1. The first-order valence-electron chi connectivity index (χ1n) is 13.1. The summed E-state index contributed by atoms with van der Waals surface area (Å²) in [6.45, 7) is 8.88. The van der Waals surface area contributed by atoms with Crippen molar-refractivity contribution in [2.75, 3.05) is 11.6 Å². The summed E-state index contributed by atoms with van der Waals surface area (Å²) in [4.78, 5) is 29.1. The number of aromatic nitrogens is 1. The van der Waals surface area contributed by atoms with Gasteiger partial charge in [-0.05, 0) is 60.1 Å². The standard InChI is InChI=1S/C29H36FN5O2S/c1-17(2)25-20(28(31)36)11-12-22(26(25)18(3)4)35(23-10-7-9-21(27(23)30)29(32)37)34-14-6-5-8-19(34)16-24-33-13-15-38-24/h7,9-13,15,17-19H,5-6,8,14,16H2,1-4H3,(H2,31,36)(H2,32,37). The first-order chi connectivity index (χ1) is 18.1. The minimum absolute atomic E-state index is 0.00553. The number of nitrogens with zero attached hydrogens (tertiary/aromatic N) is 3. The Balaban J connectivity index is 2.00. The van der Waals surface area contributed by atoms with Gasteiger partial charge in [0.15, 0.2) is 5.82 Å². The minimum atomic E-state index is -0.821. The van der Waals surface area contributed by atoms with E-state index < -0.39 is 17.6 Å². The predicted octanol–water partition coefficient (Wildman–Crippen LogP) is 5.88. The van der Waals surface area contributed by atoms with Crippen LogP contribution in [-0.2, 0) is 6.42 Å². The summed E-state index contributed by atoms with van der Waals surface area (Å²) in [6, 6.07) is 8.39. The molecule has 1 aliphatic heterocycles. The van der Waals surface area contributed by atoms with Crippen molar-refractivity contribution in [2.24, 2.45) is 11.5 Å². The van der Waals surface area contributed by atoms with Gasteiger partial charge < -0.3 is 11.5 Å². The molecule has 0 saturated carbocycles. The third-order valence-electron chi connectivity index (χ3n) is 7.13. The highest BCUT2D eigenvalue weighted by molar-refractivity contribution is 7.09. The molecule has 0 radical (unpaired) electrons. The average Bonchev–Trinajstić information content (AvgIpc) is 3.38. The molecule has 2 heterocycles. The second kappa shape index (κ2) is 11.6. The number of amides is 2. The third kappa shape index (κ3) is 5.44. The van der Waals surface area contributed by atoms with E-state index in [4.69, 9.17) is 11.5 Å². The van der Waals surface area contributed by atoms with E-state index in [1.807, 2.05) is 30.3 Å². The van der Waals surface area contributed by atoms with Gasteiger partial charge in [0.05, 0.1) is 21.9 Å². The highest BCUT2D eigenvalue weighted by Gasteiger charge is 2.34. The van der Waals surface area contributed by atoms with Crippen molar-refractivity contribution in [1.82, 2.24) is 9.99 Å². The van der Waals surface area contributed by atoms with Crippen molar-refractivity contribution in [2.45, 2.75) is 71.3 Å². The van der Waals surface area contributed by atoms with E-state index in [2.05, 4.69) is 23.8 Å². The number of thiazole rings is 1. The smallest absolute Gasteiger partial charge is 0.251 e. The van der Waals surface area contributed by atoms with Crippen LogP contribution in [0.25, 0.3) is 0 Å². The summed E-state index contributed by atoms with van der Waals surface area (Å²) < 4.78 is 16.1. The van der Waals surface area contributed by atoms with Gasteiger partial charge in [-0.15, -0.1) is 11.3 Å². The van der Waals surface area contributed by atoms with E-state index in [9.17, 15) is 9.59 Å².